The van der Waals surface area contributed by atoms with Crippen molar-refractivity contribution in [3.8, 4) is 0 Å². The molecule has 2 aromatic rings. The minimum Gasteiger partial charge on any atom is -0.337 e. The van der Waals surface area contributed by atoms with Crippen LogP contribution in [0.1, 0.15) is 0 Å². The van der Waals surface area contributed by atoms with Crippen LogP contribution in [-0.2, 0) is 0 Å². The van der Waals surface area contributed by atoms with Gasteiger partial charge in [-0.25, -0.2) is 9.97 Å². The lowest BCUT2D eigenvalue weighted by Crippen LogP contribution is -2.25. The van der Waals surface area contributed by atoms with Crippen molar-refractivity contribution < 1.29 is 0 Å². The summed E-state index contributed by atoms with van der Waals surface area (Å²) in [6.45, 7) is 2.84. The molecule has 1 aliphatic rings. The zero-order chi connectivity index (χ0) is 11.5. The third-order valence-electron chi connectivity index (χ3n) is 2.93. The standard InChI is InChI=1S/C13H14N4/c1-3-7-14-12(5-1)16-9-10-17(11-16)13-6-2-4-8-15-13/h1-8H,9-11H2. The third-order valence-corrected chi connectivity index (χ3v) is 2.93. The Morgan fingerprint density at radius 3 is 1.71 bits per heavy atom. The normalized spacial score (nSPS) is 15.3. The zero-order valence-corrected chi connectivity index (χ0v) is 9.53. The minimum atomic E-state index is 0.855. The Morgan fingerprint density at radius 2 is 1.29 bits per heavy atom. The maximum atomic E-state index is 4.37. The first-order valence-electron chi connectivity index (χ1n) is 5.75. The molecule has 1 saturated heterocycles. The van der Waals surface area contributed by atoms with Gasteiger partial charge in [-0.3, -0.25) is 0 Å². The quantitative estimate of drug-likeness (QED) is 0.781. The van der Waals surface area contributed by atoms with E-state index in [4.69, 9.17) is 0 Å². The number of pyridine rings is 2. The Hall–Kier alpha value is -2.10. The van der Waals surface area contributed by atoms with Crippen LogP contribution in [0.4, 0.5) is 11.6 Å². The molecule has 0 N–H and O–H groups in total. The predicted octanol–water partition coefficient (Wildman–Crippen LogP) is 1.76. The van der Waals surface area contributed by atoms with Crippen molar-refractivity contribution in [1.82, 2.24) is 9.97 Å². The number of rotatable bonds is 2. The molecule has 0 radical (unpaired) electrons. The van der Waals surface area contributed by atoms with Gasteiger partial charge in [0.25, 0.3) is 0 Å². The number of anilines is 2. The first kappa shape index (κ1) is 10.1. The van der Waals surface area contributed by atoms with Crippen molar-refractivity contribution in [1.29, 1.82) is 0 Å². The van der Waals surface area contributed by atoms with Crippen LogP contribution >= 0.6 is 0 Å². The highest BCUT2D eigenvalue weighted by atomic mass is 15.4. The van der Waals surface area contributed by atoms with Crippen molar-refractivity contribution in [2.75, 3.05) is 29.6 Å². The monoisotopic (exact) mass is 226 g/mol. The summed E-state index contributed by atoms with van der Waals surface area (Å²) in [6.07, 6.45) is 3.66. The van der Waals surface area contributed by atoms with E-state index in [1.54, 1.807) is 0 Å². The fraction of sp³-hybridized carbons (Fsp3) is 0.231. The lowest BCUT2D eigenvalue weighted by atomic mass is 10.4. The van der Waals surface area contributed by atoms with Gasteiger partial charge in [-0.05, 0) is 24.3 Å². The molecular weight excluding hydrogens is 212 g/mol. The van der Waals surface area contributed by atoms with Gasteiger partial charge in [0.1, 0.15) is 11.6 Å². The largest absolute Gasteiger partial charge is 0.337 e. The molecule has 4 nitrogen and oxygen atoms in total. The fourth-order valence-electron chi connectivity index (χ4n) is 2.04. The molecule has 0 amide bonds. The molecule has 0 atom stereocenters. The van der Waals surface area contributed by atoms with Crippen LogP contribution in [0.15, 0.2) is 48.8 Å². The van der Waals surface area contributed by atoms with Gasteiger partial charge in [-0.1, -0.05) is 12.1 Å². The van der Waals surface area contributed by atoms with E-state index in [0.29, 0.717) is 0 Å². The zero-order valence-electron chi connectivity index (χ0n) is 9.53. The molecule has 3 rings (SSSR count). The van der Waals surface area contributed by atoms with E-state index in [2.05, 4.69) is 19.8 Å². The van der Waals surface area contributed by atoms with E-state index in [0.717, 1.165) is 31.4 Å². The van der Waals surface area contributed by atoms with Crippen molar-refractivity contribution in [2.45, 2.75) is 0 Å². The van der Waals surface area contributed by atoms with Gasteiger partial charge < -0.3 is 9.80 Å². The number of nitrogens with zero attached hydrogens (tertiary/aromatic N) is 4. The minimum absolute atomic E-state index is 0.855. The van der Waals surface area contributed by atoms with Crippen molar-refractivity contribution in [2.24, 2.45) is 0 Å². The molecule has 86 valence electrons. The molecule has 3 heterocycles. The highest BCUT2D eigenvalue weighted by Gasteiger charge is 2.21. The van der Waals surface area contributed by atoms with E-state index >= 15 is 0 Å². The Kier molecular flexibility index (Phi) is 2.62. The molecule has 0 aromatic carbocycles. The molecule has 0 aliphatic carbocycles. The lowest BCUT2D eigenvalue weighted by Gasteiger charge is -2.19. The number of aromatic nitrogens is 2. The molecule has 0 unspecified atom stereocenters. The van der Waals surface area contributed by atoms with E-state index < -0.39 is 0 Å². The van der Waals surface area contributed by atoms with Crippen LogP contribution in [0.25, 0.3) is 0 Å². The maximum absolute atomic E-state index is 4.37. The second kappa shape index (κ2) is 4.41. The van der Waals surface area contributed by atoms with E-state index in [1.165, 1.54) is 0 Å². The van der Waals surface area contributed by atoms with Crippen LogP contribution in [0.3, 0.4) is 0 Å². The maximum Gasteiger partial charge on any atom is 0.129 e. The molecule has 0 spiro atoms. The Labute approximate surface area is 101 Å². The summed E-state index contributed by atoms with van der Waals surface area (Å²) in [5, 5.41) is 0. The predicted molar refractivity (Wildman–Crippen MR) is 68.0 cm³/mol. The van der Waals surface area contributed by atoms with Gasteiger partial charge in [0.2, 0.25) is 0 Å². The summed E-state index contributed by atoms with van der Waals surface area (Å²) >= 11 is 0. The second-order valence-electron chi connectivity index (χ2n) is 4.04. The van der Waals surface area contributed by atoms with Gasteiger partial charge in [0, 0.05) is 25.5 Å². The van der Waals surface area contributed by atoms with Crippen molar-refractivity contribution >= 4 is 11.6 Å². The third kappa shape index (κ3) is 2.06. The summed E-state index contributed by atoms with van der Waals surface area (Å²) in [4.78, 5) is 13.3. The summed E-state index contributed by atoms with van der Waals surface area (Å²) in [5.74, 6) is 2.07. The van der Waals surface area contributed by atoms with Crippen molar-refractivity contribution in [3.63, 3.8) is 0 Å². The average molecular weight is 226 g/mol. The summed E-state index contributed by atoms with van der Waals surface area (Å²) in [5.41, 5.74) is 0. The van der Waals surface area contributed by atoms with Crippen molar-refractivity contribution in [3.05, 3.63) is 48.8 Å². The van der Waals surface area contributed by atoms with Crippen LogP contribution in [0.5, 0.6) is 0 Å². The molecule has 0 saturated carbocycles. The molecule has 1 aliphatic heterocycles. The molecule has 2 aromatic heterocycles. The molecule has 17 heavy (non-hydrogen) atoms. The Morgan fingerprint density at radius 1 is 0.765 bits per heavy atom. The molecule has 0 bridgehead atoms. The fourth-order valence-corrected chi connectivity index (χ4v) is 2.04. The SMILES string of the molecule is c1ccc(N2CCN(c3ccccn3)C2)nc1. The molecular formula is C13H14N4. The Balaban J connectivity index is 1.75. The smallest absolute Gasteiger partial charge is 0.129 e. The first-order chi connectivity index (χ1) is 8.43. The summed E-state index contributed by atoms with van der Waals surface area (Å²) < 4.78 is 0. The van der Waals surface area contributed by atoms with Crippen LogP contribution in [0.2, 0.25) is 0 Å². The van der Waals surface area contributed by atoms with Gasteiger partial charge in [-0.15, -0.1) is 0 Å². The topological polar surface area (TPSA) is 32.3 Å². The van der Waals surface area contributed by atoms with Gasteiger partial charge in [-0.2, -0.15) is 0 Å². The van der Waals surface area contributed by atoms with Crippen LogP contribution < -0.4 is 9.80 Å². The highest BCUT2D eigenvalue weighted by Crippen LogP contribution is 2.19. The van der Waals surface area contributed by atoms with Crippen LogP contribution in [-0.4, -0.2) is 29.7 Å². The number of hydrogen-bond acceptors (Lipinski definition) is 4. The van der Waals surface area contributed by atoms with Gasteiger partial charge in [0.15, 0.2) is 0 Å². The highest BCUT2D eigenvalue weighted by molar-refractivity contribution is 5.47. The Bertz CT molecular complexity index is 426. The molecule has 4 heteroatoms. The first-order valence-corrected chi connectivity index (χ1v) is 5.75. The summed E-state index contributed by atoms with van der Waals surface area (Å²) in [6, 6.07) is 12.0. The van der Waals surface area contributed by atoms with E-state index in [-0.39, 0.29) is 0 Å². The molecule has 1 fully saturated rings. The number of hydrogen-bond donors (Lipinski definition) is 0. The van der Waals surface area contributed by atoms with E-state index in [9.17, 15) is 0 Å². The average Bonchev–Trinajstić information content (AvgIpc) is 2.90. The summed E-state index contributed by atoms with van der Waals surface area (Å²) in [7, 11) is 0. The second-order valence-corrected chi connectivity index (χ2v) is 4.04. The van der Waals surface area contributed by atoms with Gasteiger partial charge >= 0.3 is 0 Å². The van der Waals surface area contributed by atoms with E-state index in [1.807, 2.05) is 48.8 Å². The lowest BCUT2D eigenvalue weighted by molar-refractivity contribution is 0.913. The van der Waals surface area contributed by atoms with Crippen LogP contribution in [0, 0.1) is 0 Å². The van der Waals surface area contributed by atoms with Gasteiger partial charge in [0.05, 0.1) is 6.67 Å².